The summed E-state index contributed by atoms with van der Waals surface area (Å²) in [5.41, 5.74) is 2.33. The van der Waals surface area contributed by atoms with E-state index in [1.165, 1.54) is 5.57 Å². The highest BCUT2D eigenvalue weighted by Gasteiger charge is 2.41. The average molecular weight is 893 g/mol. The smallest absolute Gasteiger partial charge is 0.330 e. The number of allylic oxidation sites excluding steroid dienone is 2. The van der Waals surface area contributed by atoms with Gasteiger partial charge in [-0.2, -0.15) is 0 Å². The number of ether oxygens (including phenoxy) is 5. The molecule has 0 rings (SSSR count). The molecule has 0 amide bonds. The number of hydrogen-bond acceptors (Lipinski definition) is 8. The first-order chi connectivity index (χ1) is 24.5. The SMILES string of the molecule is C=CCC[C@H](O[Si](C)(C)C(C)(C)C)[C@H](/C=C/[C@H](CCC/C=C/C(=O)O[C@H](C/C(C)=C/I)[C@H](C)/C=C(\C)CO[Si](C)(C)C(C)(C)C)OCOC)OCOC. The van der Waals surface area contributed by atoms with Crippen LogP contribution in [0.2, 0.25) is 36.3 Å². The molecule has 308 valence electrons. The second-order valence-corrected chi connectivity index (χ2v) is 27.4. The van der Waals surface area contributed by atoms with E-state index in [1.807, 2.05) is 28.4 Å². The lowest BCUT2D eigenvalue weighted by Gasteiger charge is -2.41. The van der Waals surface area contributed by atoms with E-state index in [4.69, 9.17) is 32.5 Å². The predicted octanol–water partition coefficient (Wildman–Crippen LogP) is 11.8. The van der Waals surface area contributed by atoms with Crippen molar-refractivity contribution in [3.63, 3.8) is 0 Å². The zero-order chi connectivity index (χ0) is 40.9. The Balaban J connectivity index is 5.66. The van der Waals surface area contributed by atoms with Gasteiger partial charge in [0.25, 0.3) is 0 Å². The number of rotatable bonds is 27. The topological polar surface area (TPSA) is 81.7 Å². The van der Waals surface area contributed by atoms with Gasteiger partial charge in [-0.05, 0) is 86.3 Å². The highest BCUT2D eigenvalue weighted by molar-refractivity contribution is 14.1. The molecule has 0 aliphatic heterocycles. The van der Waals surface area contributed by atoms with Gasteiger partial charge in [0.2, 0.25) is 0 Å². The van der Waals surface area contributed by atoms with Gasteiger partial charge >= 0.3 is 5.97 Å². The fourth-order valence-corrected chi connectivity index (χ4v) is 7.44. The third kappa shape index (κ3) is 21.8. The maximum Gasteiger partial charge on any atom is 0.330 e. The van der Waals surface area contributed by atoms with Crippen LogP contribution in [0.4, 0.5) is 0 Å². The van der Waals surface area contributed by atoms with Crippen molar-refractivity contribution in [2.75, 3.05) is 34.4 Å². The Bertz CT molecular complexity index is 1170. The Hall–Kier alpha value is -0.906. The van der Waals surface area contributed by atoms with Crippen LogP contribution in [0.1, 0.15) is 101 Å². The molecule has 0 aromatic carbocycles. The van der Waals surface area contributed by atoms with E-state index in [-0.39, 0.29) is 60.0 Å². The summed E-state index contributed by atoms with van der Waals surface area (Å²) in [6.07, 6.45) is 15.2. The van der Waals surface area contributed by atoms with E-state index in [2.05, 4.69) is 124 Å². The van der Waals surface area contributed by atoms with Crippen molar-refractivity contribution in [1.82, 2.24) is 0 Å². The van der Waals surface area contributed by atoms with Gasteiger partial charge in [-0.1, -0.05) is 113 Å². The molecule has 0 fully saturated rings. The third-order valence-electron chi connectivity index (χ3n) is 10.3. The van der Waals surface area contributed by atoms with Gasteiger partial charge in [-0.3, -0.25) is 0 Å². The van der Waals surface area contributed by atoms with Crippen LogP contribution in [0, 0.1) is 5.92 Å². The van der Waals surface area contributed by atoms with Gasteiger partial charge < -0.3 is 32.5 Å². The highest BCUT2D eigenvalue weighted by Crippen LogP contribution is 2.39. The van der Waals surface area contributed by atoms with Crippen LogP contribution in [0.3, 0.4) is 0 Å². The zero-order valence-electron chi connectivity index (χ0n) is 36.1. The molecule has 0 aromatic heterocycles. The minimum atomic E-state index is -2.08. The number of hydrogen-bond donors (Lipinski definition) is 0. The van der Waals surface area contributed by atoms with Crippen LogP contribution in [0.15, 0.2) is 58.3 Å². The summed E-state index contributed by atoms with van der Waals surface area (Å²) in [7, 11) is -0.704. The Kier molecular flexibility index (Phi) is 25.6. The quantitative estimate of drug-likeness (QED) is 0.0153. The number of carbonyl (C=O) groups is 1. The lowest BCUT2D eigenvalue weighted by molar-refractivity contribution is -0.144. The van der Waals surface area contributed by atoms with Crippen LogP contribution in [0.25, 0.3) is 0 Å². The Morgan fingerprint density at radius 2 is 1.43 bits per heavy atom. The first kappa shape index (κ1) is 52.1. The van der Waals surface area contributed by atoms with E-state index in [1.54, 1.807) is 20.3 Å². The van der Waals surface area contributed by atoms with Crippen molar-refractivity contribution in [3.8, 4) is 0 Å². The van der Waals surface area contributed by atoms with E-state index < -0.39 is 16.6 Å². The molecule has 0 N–H and O–H groups in total. The summed E-state index contributed by atoms with van der Waals surface area (Å²) >= 11 is 2.24. The zero-order valence-corrected chi connectivity index (χ0v) is 40.3. The van der Waals surface area contributed by atoms with Gasteiger partial charge in [0, 0.05) is 32.6 Å². The minimum Gasteiger partial charge on any atom is -0.458 e. The van der Waals surface area contributed by atoms with Gasteiger partial charge in [-0.15, -0.1) is 6.58 Å². The average Bonchev–Trinajstić information content (AvgIpc) is 3.06. The van der Waals surface area contributed by atoms with Gasteiger partial charge in [-0.25, -0.2) is 4.79 Å². The molecule has 0 saturated carbocycles. The van der Waals surface area contributed by atoms with Crippen molar-refractivity contribution in [1.29, 1.82) is 0 Å². The lowest BCUT2D eigenvalue weighted by atomic mass is 9.96. The predicted molar refractivity (Wildman–Crippen MR) is 235 cm³/mol. The van der Waals surface area contributed by atoms with Crippen molar-refractivity contribution in [2.45, 2.75) is 162 Å². The standard InChI is InChI=1S/C42H77IO8Si2/c1-17-18-23-38(51-53(15,16)42(8,9)10)37(48-32-46-12)26-25-36(47-31-45-11)22-20-19-21-24-40(44)50-39(28-33(2)29-43)35(4)27-34(3)30-49-52(13,14)41(5,6)7/h17,21,24-27,29,35-39H,1,18-20,22-23,28,30-32H2,2-16H3/b24-21+,26-25+,33-29+,34-27+/t35-,36+,37+,38+,39-/m1/s1. The van der Waals surface area contributed by atoms with Crippen molar-refractivity contribution >= 4 is 45.2 Å². The summed E-state index contributed by atoms with van der Waals surface area (Å²) in [5, 5.41) is 0.205. The first-order valence-corrected chi connectivity index (χ1v) is 26.2. The molecular formula is C42H77IO8Si2. The summed E-state index contributed by atoms with van der Waals surface area (Å²) in [6, 6.07) is 0. The number of halogens is 1. The minimum absolute atomic E-state index is 0.0347. The Labute approximate surface area is 340 Å². The molecule has 0 saturated heterocycles. The van der Waals surface area contributed by atoms with Gasteiger partial charge in [0.05, 0.1) is 18.8 Å². The molecule has 5 atom stereocenters. The molecule has 0 unspecified atom stereocenters. The van der Waals surface area contributed by atoms with E-state index in [0.717, 1.165) is 31.3 Å². The Morgan fingerprint density at radius 1 is 0.830 bits per heavy atom. The van der Waals surface area contributed by atoms with Crippen LogP contribution < -0.4 is 0 Å². The summed E-state index contributed by atoms with van der Waals surface area (Å²) in [6.45, 7) is 33.6. The summed E-state index contributed by atoms with van der Waals surface area (Å²) in [4.78, 5) is 13.0. The summed E-state index contributed by atoms with van der Waals surface area (Å²) in [5.74, 6) is -0.295. The van der Waals surface area contributed by atoms with Crippen LogP contribution in [-0.2, 0) is 37.3 Å². The summed E-state index contributed by atoms with van der Waals surface area (Å²) < 4.78 is 44.1. The van der Waals surface area contributed by atoms with E-state index in [0.29, 0.717) is 19.4 Å². The highest BCUT2D eigenvalue weighted by atomic mass is 127. The van der Waals surface area contributed by atoms with E-state index in [9.17, 15) is 4.79 Å². The molecule has 0 aliphatic carbocycles. The van der Waals surface area contributed by atoms with Crippen LogP contribution >= 0.6 is 22.6 Å². The first-order valence-electron chi connectivity index (χ1n) is 19.2. The molecular weight excluding hydrogens is 816 g/mol. The monoisotopic (exact) mass is 892 g/mol. The van der Waals surface area contributed by atoms with Crippen LogP contribution in [-0.4, -0.2) is 81.4 Å². The Morgan fingerprint density at radius 3 is 1.98 bits per heavy atom. The molecule has 0 aromatic rings. The van der Waals surface area contributed by atoms with E-state index >= 15 is 0 Å². The molecule has 0 spiro atoms. The van der Waals surface area contributed by atoms with Crippen molar-refractivity contribution < 1.29 is 37.3 Å². The normalized spacial score (nSPS) is 16.9. The molecule has 0 bridgehead atoms. The molecule has 0 radical (unpaired) electrons. The number of carbonyl (C=O) groups excluding carboxylic acids is 1. The molecule has 11 heteroatoms. The van der Waals surface area contributed by atoms with Gasteiger partial charge in [0.15, 0.2) is 16.6 Å². The number of methoxy groups -OCH3 is 2. The van der Waals surface area contributed by atoms with Crippen molar-refractivity contribution in [3.05, 3.63) is 58.3 Å². The molecule has 8 nitrogen and oxygen atoms in total. The fourth-order valence-electron chi connectivity index (χ4n) is 4.80. The lowest BCUT2D eigenvalue weighted by Crippen LogP contribution is -2.47. The maximum absolute atomic E-state index is 13.0. The second kappa shape index (κ2) is 26.1. The van der Waals surface area contributed by atoms with Crippen molar-refractivity contribution in [2.24, 2.45) is 5.92 Å². The molecule has 0 heterocycles. The maximum atomic E-state index is 13.0. The largest absolute Gasteiger partial charge is 0.458 e. The second-order valence-electron chi connectivity index (χ2n) is 17.2. The molecule has 0 aliphatic rings. The third-order valence-corrected chi connectivity index (χ3v) is 20.3. The molecule has 53 heavy (non-hydrogen) atoms. The fraction of sp³-hybridized carbons (Fsp3) is 0.738. The van der Waals surface area contributed by atoms with Gasteiger partial charge in [0.1, 0.15) is 25.8 Å². The van der Waals surface area contributed by atoms with Crippen LogP contribution in [0.5, 0.6) is 0 Å². The number of unbranched alkanes of at least 4 members (excludes halogenated alkanes) is 1. The number of esters is 1.